The molecule has 1 atom stereocenters. The van der Waals surface area contributed by atoms with Gasteiger partial charge in [-0.3, -0.25) is 4.79 Å². The van der Waals surface area contributed by atoms with Crippen molar-refractivity contribution in [3.63, 3.8) is 0 Å². The topological polar surface area (TPSA) is 58.9 Å². The minimum absolute atomic E-state index is 0.0248. The van der Waals surface area contributed by atoms with Gasteiger partial charge in [0.15, 0.2) is 0 Å². The molecule has 0 aliphatic heterocycles. The first-order valence-electron chi connectivity index (χ1n) is 9.47. The summed E-state index contributed by atoms with van der Waals surface area (Å²) < 4.78 is 7.45. The molecule has 1 unspecified atom stereocenters. The summed E-state index contributed by atoms with van der Waals surface area (Å²) in [5.41, 5.74) is 4.07. The SMILES string of the molecule is COc1cccc(C(CC(=O)NCCN(C)C)c2cnc3cc(C)ccn23)c1. The van der Waals surface area contributed by atoms with Crippen LogP contribution in [-0.2, 0) is 4.79 Å². The van der Waals surface area contributed by atoms with Crippen LogP contribution in [0.3, 0.4) is 0 Å². The van der Waals surface area contributed by atoms with Crippen LogP contribution < -0.4 is 10.1 Å². The fourth-order valence-corrected chi connectivity index (χ4v) is 3.29. The molecular weight excluding hydrogens is 352 g/mol. The van der Waals surface area contributed by atoms with E-state index in [0.717, 1.165) is 34.8 Å². The molecule has 0 saturated carbocycles. The van der Waals surface area contributed by atoms with Crippen molar-refractivity contribution in [1.82, 2.24) is 19.6 Å². The summed E-state index contributed by atoms with van der Waals surface area (Å²) >= 11 is 0. The number of benzene rings is 1. The molecule has 2 aromatic heterocycles. The summed E-state index contributed by atoms with van der Waals surface area (Å²) in [6, 6.07) is 12.0. The maximum absolute atomic E-state index is 12.7. The number of methoxy groups -OCH3 is 1. The number of nitrogens with one attached hydrogen (secondary N) is 1. The summed E-state index contributed by atoms with van der Waals surface area (Å²) in [5.74, 6) is 0.684. The Labute approximate surface area is 166 Å². The van der Waals surface area contributed by atoms with Crippen LogP contribution in [0.2, 0.25) is 0 Å². The van der Waals surface area contributed by atoms with Crippen LogP contribution >= 0.6 is 0 Å². The highest BCUT2D eigenvalue weighted by molar-refractivity contribution is 5.77. The van der Waals surface area contributed by atoms with Crippen molar-refractivity contribution in [2.45, 2.75) is 19.3 Å². The smallest absolute Gasteiger partial charge is 0.221 e. The Morgan fingerprint density at radius 2 is 2.11 bits per heavy atom. The molecule has 3 aromatic rings. The molecule has 0 aliphatic rings. The lowest BCUT2D eigenvalue weighted by Gasteiger charge is -2.18. The van der Waals surface area contributed by atoms with Crippen LogP contribution in [0.25, 0.3) is 5.65 Å². The molecule has 3 rings (SSSR count). The summed E-state index contributed by atoms with van der Waals surface area (Å²) in [5, 5.41) is 3.02. The van der Waals surface area contributed by atoms with E-state index in [0.29, 0.717) is 13.0 Å². The van der Waals surface area contributed by atoms with Crippen LogP contribution in [0.5, 0.6) is 5.75 Å². The van der Waals surface area contributed by atoms with Crippen molar-refractivity contribution in [2.24, 2.45) is 0 Å². The average Bonchev–Trinajstić information content (AvgIpc) is 3.08. The molecule has 2 heterocycles. The maximum Gasteiger partial charge on any atom is 0.221 e. The number of hydrogen-bond donors (Lipinski definition) is 1. The van der Waals surface area contributed by atoms with Gasteiger partial charge in [-0.2, -0.15) is 0 Å². The molecule has 0 radical (unpaired) electrons. The fraction of sp³-hybridized carbons (Fsp3) is 0.364. The minimum atomic E-state index is -0.118. The zero-order valence-corrected chi connectivity index (χ0v) is 17.0. The number of fused-ring (bicyclic) bond motifs is 1. The number of ether oxygens (including phenoxy) is 1. The third-order valence-corrected chi connectivity index (χ3v) is 4.82. The molecule has 0 saturated heterocycles. The lowest BCUT2D eigenvalue weighted by Crippen LogP contribution is -2.32. The highest BCUT2D eigenvalue weighted by atomic mass is 16.5. The second-order valence-electron chi connectivity index (χ2n) is 7.30. The molecule has 28 heavy (non-hydrogen) atoms. The number of aryl methyl sites for hydroxylation is 1. The lowest BCUT2D eigenvalue weighted by molar-refractivity contribution is -0.121. The van der Waals surface area contributed by atoms with Crippen LogP contribution in [0, 0.1) is 6.92 Å². The Morgan fingerprint density at radius 3 is 2.86 bits per heavy atom. The maximum atomic E-state index is 12.7. The quantitative estimate of drug-likeness (QED) is 0.653. The standard InChI is InChI=1S/C22H28N4O2/c1-16-8-10-26-20(15-24-21(26)12-16)19(14-22(27)23-9-11-25(2)3)17-6-5-7-18(13-17)28-4/h5-8,10,12-13,15,19H,9,11,14H2,1-4H3,(H,23,27). The van der Waals surface area contributed by atoms with Gasteiger partial charge in [-0.25, -0.2) is 4.98 Å². The summed E-state index contributed by atoms with van der Waals surface area (Å²) in [4.78, 5) is 19.3. The number of carbonyl (C=O) groups excluding carboxylic acids is 1. The van der Waals surface area contributed by atoms with Crippen molar-refractivity contribution in [2.75, 3.05) is 34.3 Å². The van der Waals surface area contributed by atoms with Crippen LogP contribution in [-0.4, -0.2) is 54.5 Å². The van der Waals surface area contributed by atoms with Gasteiger partial charge in [0.2, 0.25) is 5.91 Å². The normalized spacial score (nSPS) is 12.3. The van der Waals surface area contributed by atoms with Crippen LogP contribution in [0.1, 0.15) is 29.2 Å². The predicted molar refractivity (Wildman–Crippen MR) is 111 cm³/mol. The van der Waals surface area contributed by atoms with E-state index >= 15 is 0 Å². The fourth-order valence-electron chi connectivity index (χ4n) is 3.29. The second-order valence-corrected chi connectivity index (χ2v) is 7.30. The number of pyridine rings is 1. The number of carbonyl (C=O) groups is 1. The Balaban J connectivity index is 1.93. The molecule has 6 heteroatoms. The molecule has 1 amide bonds. The Kier molecular flexibility index (Phi) is 6.31. The Hall–Kier alpha value is -2.86. The van der Waals surface area contributed by atoms with Crippen molar-refractivity contribution in [3.05, 3.63) is 65.6 Å². The molecule has 0 aliphatic carbocycles. The van der Waals surface area contributed by atoms with E-state index in [1.807, 2.05) is 68.6 Å². The van der Waals surface area contributed by atoms with E-state index in [1.165, 1.54) is 0 Å². The highest BCUT2D eigenvalue weighted by Gasteiger charge is 2.22. The first kappa shape index (κ1) is 19.9. The monoisotopic (exact) mass is 380 g/mol. The van der Waals surface area contributed by atoms with Crippen molar-refractivity contribution < 1.29 is 9.53 Å². The average molecular weight is 380 g/mol. The van der Waals surface area contributed by atoms with E-state index in [4.69, 9.17) is 4.74 Å². The second kappa shape index (κ2) is 8.89. The highest BCUT2D eigenvalue weighted by Crippen LogP contribution is 2.31. The van der Waals surface area contributed by atoms with E-state index in [9.17, 15) is 4.79 Å². The van der Waals surface area contributed by atoms with Gasteiger partial charge in [0.1, 0.15) is 11.4 Å². The number of likely N-dealkylation sites (N-methyl/N-ethyl adjacent to an activating group) is 1. The molecule has 148 valence electrons. The molecular formula is C22H28N4O2. The Bertz CT molecular complexity index is 949. The summed E-state index contributed by atoms with van der Waals surface area (Å²) in [6.07, 6.45) is 4.23. The first-order chi connectivity index (χ1) is 13.5. The number of amides is 1. The Morgan fingerprint density at radius 1 is 1.29 bits per heavy atom. The third-order valence-electron chi connectivity index (χ3n) is 4.82. The minimum Gasteiger partial charge on any atom is -0.497 e. The van der Waals surface area contributed by atoms with Crippen molar-refractivity contribution in [3.8, 4) is 5.75 Å². The van der Waals surface area contributed by atoms with Gasteiger partial charge in [-0.15, -0.1) is 0 Å². The van der Waals surface area contributed by atoms with E-state index in [2.05, 4.69) is 20.8 Å². The number of nitrogens with zero attached hydrogens (tertiary/aromatic N) is 3. The lowest BCUT2D eigenvalue weighted by atomic mass is 9.92. The summed E-state index contributed by atoms with van der Waals surface area (Å²) in [7, 11) is 5.64. The third kappa shape index (κ3) is 4.70. The first-order valence-corrected chi connectivity index (χ1v) is 9.47. The number of hydrogen-bond acceptors (Lipinski definition) is 4. The zero-order valence-electron chi connectivity index (χ0n) is 17.0. The van der Waals surface area contributed by atoms with Crippen molar-refractivity contribution in [1.29, 1.82) is 0 Å². The van der Waals surface area contributed by atoms with E-state index < -0.39 is 0 Å². The molecule has 1 N–H and O–H groups in total. The largest absolute Gasteiger partial charge is 0.497 e. The number of aromatic nitrogens is 2. The molecule has 0 bridgehead atoms. The predicted octanol–water partition coefficient (Wildman–Crippen LogP) is 2.85. The molecule has 6 nitrogen and oxygen atoms in total. The summed E-state index contributed by atoms with van der Waals surface area (Å²) in [6.45, 7) is 3.49. The van der Waals surface area contributed by atoms with Crippen molar-refractivity contribution >= 4 is 11.6 Å². The van der Waals surface area contributed by atoms with Gasteiger partial charge in [0, 0.05) is 37.8 Å². The van der Waals surface area contributed by atoms with Gasteiger partial charge >= 0.3 is 0 Å². The number of rotatable bonds is 8. The van der Waals surface area contributed by atoms with Gasteiger partial charge < -0.3 is 19.4 Å². The molecule has 1 aromatic carbocycles. The molecule has 0 fully saturated rings. The molecule has 0 spiro atoms. The van der Waals surface area contributed by atoms with Gasteiger partial charge in [-0.05, 0) is 56.4 Å². The van der Waals surface area contributed by atoms with E-state index in [-0.39, 0.29) is 11.8 Å². The van der Waals surface area contributed by atoms with Gasteiger partial charge in [0.25, 0.3) is 0 Å². The van der Waals surface area contributed by atoms with Gasteiger partial charge in [-0.1, -0.05) is 12.1 Å². The van der Waals surface area contributed by atoms with Crippen LogP contribution in [0.15, 0.2) is 48.8 Å². The van der Waals surface area contributed by atoms with Gasteiger partial charge in [0.05, 0.1) is 12.8 Å². The van der Waals surface area contributed by atoms with Crippen LogP contribution in [0.4, 0.5) is 0 Å². The van der Waals surface area contributed by atoms with E-state index in [1.54, 1.807) is 7.11 Å². The number of imidazole rings is 1. The zero-order chi connectivity index (χ0) is 20.1.